The number of carbonyl (C=O) groups excluding carboxylic acids is 1. The molecule has 0 saturated carbocycles. The molecule has 1 heterocycles. The van der Waals surface area contributed by atoms with Gasteiger partial charge in [-0.1, -0.05) is 12.1 Å². The first-order valence-electron chi connectivity index (χ1n) is 7.94. The molecule has 25 heavy (non-hydrogen) atoms. The number of aromatic nitrogens is 1. The van der Waals surface area contributed by atoms with Crippen LogP contribution >= 0.6 is 11.3 Å². The highest BCUT2D eigenvalue weighted by atomic mass is 32.1. The molecule has 2 N–H and O–H groups in total. The smallest absolute Gasteiger partial charge is 0.251 e. The Hall–Kier alpha value is -2.44. The van der Waals surface area contributed by atoms with Crippen LogP contribution in [0.1, 0.15) is 22.8 Å². The van der Waals surface area contributed by atoms with Crippen LogP contribution in [0.15, 0.2) is 48.0 Å². The first kappa shape index (κ1) is 17.4. The van der Waals surface area contributed by atoms with E-state index in [9.17, 15) is 9.90 Å². The van der Waals surface area contributed by atoms with Crippen molar-refractivity contribution >= 4 is 27.5 Å². The molecule has 1 atom stereocenters. The number of methoxy groups -OCH3 is 1. The number of benzene rings is 2. The van der Waals surface area contributed by atoms with Gasteiger partial charge in [-0.15, -0.1) is 11.3 Å². The molecule has 0 aliphatic heterocycles. The van der Waals surface area contributed by atoms with Crippen LogP contribution in [-0.2, 0) is 6.42 Å². The van der Waals surface area contributed by atoms with Gasteiger partial charge in [0.05, 0.1) is 28.4 Å². The molecule has 0 bridgehead atoms. The Balaban J connectivity index is 1.61. The number of fused-ring (bicyclic) bond motifs is 1. The Morgan fingerprint density at radius 1 is 1.28 bits per heavy atom. The lowest BCUT2D eigenvalue weighted by Crippen LogP contribution is -2.42. The molecule has 0 saturated heterocycles. The summed E-state index contributed by atoms with van der Waals surface area (Å²) < 4.78 is 6.10. The van der Waals surface area contributed by atoms with Gasteiger partial charge in [-0.05, 0) is 42.8 Å². The van der Waals surface area contributed by atoms with Crippen LogP contribution in [0, 0.1) is 0 Å². The number of ether oxygens (including phenoxy) is 1. The Morgan fingerprint density at radius 3 is 2.76 bits per heavy atom. The van der Waals surface area contributed by atoms with Gasteiger partial charge in [0.1, 0.15) is 5.75 Å². The second-order valence-electron chi connectivity index (χ2n) is 6.24. The van der Waals surface area contributed by atoms with Gasteiger partial charge in [-0.2, -0.15) is 0 Å². The summed E-state index contributed by atoms with van der Waals surface area (Å²) >= 11 is 1.50. The standard InChI is InChI=1S/C19H20N2O3S/c1-19(23,10-13-3-6-15(24-2)7-4-13)11-20-18(22)14-5-8-16-17(9-14)25-12-21-16/h3-9,12,23H,10-11H2,1-2H3,(H,20,22)/t19-/m1/s1. The van der Waals surface area contributed by atoms with E-state index >= 15 is 0 Å². The summed E-state index contributed by atoms with van der Waals surface area (Å²) in [7, 11) is 1.62. The van der Waals surface area contributed by atoms with E-state index in [1.54, 1.807) is 25.6 Å². The topological polar surface area (TPSA) is 71.5 Å². The molecule has 1 aromatic heterocycles. The summed E-state index contributed by atoms with van der Waals surface area (Å²) in [5.41, 5.74) is 3.14. The van der Waals surface area contributed by atoms with E-state index in [2.05, 4.69) is 10.3 Å². The molecule has 5 nitrogen and oxygen atoms in total. The summed E-state index contributed by atoms with van der Waals surface area (Å²) in [6.07, 6.45) is 0.436. The highest BCUT2D eigenvalue weighted by molar-refractivity contribution is 7.16. The van der Waals surface area contributed by atoms with Crippen molar-refractivity contribution in [1.82, 2.24) is 10.3 Å². The van der Waals surface area contributed by atoms with Crippen molar-refractivity contribution < 1.29 is 14.6 Å². The normalized spacial score (nSPS) is 13.4. The summed E-state index contributed by atoms with van der Waals surface area (Å²) in [5.74, 6) is 0.570. The highest BCUT2D eigenvalue weighted by Gasteiger charge is 2.22. The lowest BCUT2D eigenvalue weighted by atomic mass is 9.96. The van der Waals surface area contributed by atoms with Crippen molar-refractivity contribution in [3.8, 4) is 5.75 Å². The SMILES string of the molecule is COc1ccc(C[C@@](C)(O)CNC(=O)c2ccc3ncsc3c2)cc1. The summed E-state index contributed by atoms with van der Waals surface area (Å²) in [4.78, 5) is 16.5. The number of amides is 1. The van der Waals surface area contributed by atoms with Crippen LogP contribution in [0.25, 0.3) is 10.2 Å². The predicted molar refractivity (Wildman–Crippen MR) is 99.3 cm³/mol. The van der Waals surface area contributed by atoms with Gasteiger partial charge in [0.2, 0.25) is 0 Å². The molecule has 0 aliphatic rings. The predicted octanol–water partition coefficient (Wildman–Crippen LogP) is 3.03. The minimum absolute atomic E-state index is 0.165. The Bertz CT molecular complexity index is 872. The number of rotatable bonds is 6. The first-order valence-corrected chi connectivity index (χ1v) is 8.82. The van der Waals surface area contributed by atoms with Gasteiger partial charge >= 0.3 is 0 Å². The lowest BCUT2D eigenvalue weighted by Gasteiger charge is -2.24. The van der Waals surface area contributed by atoms with Gasteiger partial charge in [-0.25, -0.2) is 4.98 Å². The van der Waals surface area contributed by atoms with Gasteiger partial charge in [0.15, 0.2) is 0 Å². The fraction of sp³-hybridized carbons (Fsp3) is 0.263. The monoisotopic (exact) mass is 356 g/mol. The summed E-state index contributed by atoms with van der Waals surface area (Å²) in [6.45, 7) is 1.88. The maximum absolute atomic E-state index is 12.3. The Morgan fingerprint density at radius 2 is 2.04 bits per heavy atom. The van der Waals surface area contributed by atoms with Crippen LogP contribution in [-0.4, -0.2) is 35.3 Å². The molecule has 3 aromatic rings. The molecule has 0 radical (unpaired) electrons. The van der Waals surface area contributed by atoms with Gasteiger partial charge < -0.3 is 15.2 Å². The zero-order valence-corrected chi connectivity index (χ0v) is 15.0. The Kier molecular flexibility index (Phi) is 5.01. The third-order valence-electron chi connectivity index (χ3n) is 3.97. The highest BCUT2D eigenvalue weighted by Crippen LogP contribution is 2.20. The maximum atomic E-state index is 12.3. The fourth-order valence-electron chi connectivity index (χ4n) is 2.61. The van der Waals surface area contributed by atoms with Crippen molar-refractivity contribution in [2.24, 2.45) is 0 Å². The average molecular weight is 356 g/mol. The number of hydrogen-bond acceptors (Lipinski definition) is 5. The zero-order chi connectivity index (χ0) is 17.9. The number of nitrogens with zero attached hydrogens (tertiary/aromatic N) is 1. The third-order valence-corrected chi connectivity index (χ3v) is 4.76. The van der Waals surface area contributed by atoms with Crippen molar-refractivity contribution in [2.75, 3.05) is 13.7 Å². The molecule has 0 spiro atoms. The molecule has 6 heteroatoms. The maximum Gasteiger partial charge on any atom is 0.251 e. The van der Waals surface area contributed by atoms with E-state index in [0.29, 0.717) is 12.0 Å². The van der Waals surface area contributed by atoms with Crippen LogP contribution in [0.3, 0.4) is 0 Å². The number of hydrogen-bond donors (Lipinski definition) is 2. The molecule has 0 fully saturated rings. The first-order chi connectivity index (χ1) is 12.0. The number of carbonyl (C=O) groups is 1. The summed E-state index contributed by atoms with van der Waals surface area (Å²) in [6, 6.07) is 12.9. The van der Waals surface area contributed by atoms with Crippen molar-refractivity contribution in [1.29, 1.82) is 0 Å². The summed E-state index contributed by atoms with van der Waals surface area (Å²) in [5, 5.41) is 13.4. The van der Waals surface area contributed by atoms with E-state index in [1.165, 1.54) is 11.3 Å². The van der Waals surface area contributed by atoms with E-state index in [4.69, 9.17) is 4.74 Å². The molecular weight excluding hydrogens is 336 g/mol. The Labute approximate surface area is 150 Å². The number of thiazole rings is 1. The van der Waals surface area contributed by atoms with Crippen LogP contribution in [0.4, 0.5) is 0 Å². The molecule has 0 unspecified atom stereocenters. The minimum Gasteiger partial charge on any atom is -0.497 e. The minimum atomic E-state index is -1.04. The molecule has 3 rings (SSSR count). The largest absolute Gasteiger partial charge is 0.497 e. The van der Waals surface area contributed by atoms with Crippen LogP contribution in [0.2, 0.25) is 0 Å². The third kappa shape index (κ3) is 4.35. The average Bonchev–Trinajstić information content (AvgIpc) is 3.08. The molecule has 130 valence electrons. The molecule has 2 aromatic carbocycles. The van der Waals surface area contributed by atoms with Gasteiger partial charge in [0, 0.05) is 18.5 Å². The second-order valence-corrected chi connectivity index (χ2v) is 7.13. The fourth-order valence-corrected chi connectivity index (χ4v) is 3.33. The number of aliphatic hydroxyl groups is 1. The van der Waals surface area contributed by atoms with Gasteiger partial charge in [0.25, 0.3) is 5.91 Å². The van der Waals surface area contributed by atoms with Crippen LogP contribution in [0.5, 0.6) is 5.75 Å². The van der Waals surface area contributed by atoms with Crippen molar-refractivity contribution in [3.05, 3.63) is 59.1 Å². The molecular formula is C19H20N2O3S. The lowest BCUT2D eigenvalue weighted by molar-refractivity contribution is 0.0552. The molecule has 1 amide bonds. The second kappa shape index (κ2) is 7.21. The van der Waals surface area contributed by atoms with E-state index in [1.807, 2.05) is 36.4 Å². The molecule has 0 aliphatic carbocycles. The van der Waals surface area contributed by atoms with Crippen LogP contribution < -0.4 is 10.1 Å². The number of nitrogens with one attached hydrogen (secondary N) is 1. The van der Waals surface area contributed by atoms with E-state index < -0.39 is 5.60 Å². The quantitative estimate of drug-likeness (QED) is 0.712. The zero-order valence-electron chi connectivity index (χ0n) is 14.2. The van der Waals surface area contributed by atoms with E-state index in [0.717, 1.165) is 21.5 Å². The van der Waals surface area contributed by atoms with Gasteiger partial charge in [-0.3, -0.25) is 4.79 Å². The van der Waals surface area contributed by atoms with E-state index in [-0.39, 0.29) is 12.5 Å². The van der Waals surface area contributed by atoms with Crippen molar-refractivity contribution in [2.45, 2.75) is 18.9 Å². The van der Waals surface area contributed by atoms with Crippen molar-refractivity contribution in [3.63, 3.8) is 0 Å².